The maximum atomic E-state index is 12.0. The lowest BCUT2D eigenvalue weighted by Crippen LogP contribution is -2.23. The van der Waals surface area contributed by atoms with Gasteiger partial charge in [0.1, 0.15) is 5.76 Å². The molecule has 1 amide bonds. The Bertz CT molecular complexity index is 963. The molecule has 23 heavy (non-hydrogen) atoms. The average Bonchev–Trinajstić information content (AvgIpc) is 3.09. The first-order valence-electron chi connectivity index (χ1n) is 7.44. The van der Waals surface area contributed by atoms with Gasteiger partial charge in [0.2, 0.25) is 5.91 Å². The molecule has 118 valence electrons. The van der Waals surface area contributed by atoms with E-state index in [0.717, 1.165) is 11.3 Å². The van der Waals surface area contributed by atoms with Gasteiger partial charge in [0.25, 0.3) is 0 Å². The van der Waals surface area contributed by atoms with Crippen LogP contribution in [0.15, 0.2) is 31.9 Å². The summed E-state index contributed by atoms with van der Waals surface area (Å²) >= 11 is 0. The maximum Gasteiger partial charge on any atom is 0.417 e. The van der Waals surface area contributed by atoms with Crippen LogP contribution in [0, 0.1) is 0 Å². The number of rotatable bonds is 2. The van der Waals surface area contributed by atoms with Crippen molar-refractivity contribution in [3.8, 4) is 0 Å². The van der Waals surface area contributed by atoms with E-state index >= 15 is 0 Å². The molecule has 3 heterocycles. The summed E-state index contributed by atoms with van der Waals surface area (Å²) in [4.78, 5) is 26.0. The molecule has 0 saturated heterocycles. The zero-order valence-corrected chi connectivity index (χ0v) is 12.7. The number of oxazole rings is 1. The van der Waals surface area contributed by atoms with Crippen molar-refractivity contribution in [3.05, 3.63) is 45.8 Å². The number of fused-ring (bicyclic) bond motifs is 2. The van der Waals surface area contributed by atoms with Crippen LogP contribution in [-0.4, -0.2) is 16.0 Å². The van der Waals surface area contributed by atoms with Gasteiger partial charge in [-0.1, -0.05) is 19.0 Å². The Morgan fingerprint density at radius 2 is 2.09 bits per heavy atom. The molecular formula is C16H15N3O4. The molecule has 0 saturated carbocycles. The molecule has 7 heteroatoms. The Hall–Kier alpha value is -2.83. The number of carbonyl (C=O) groups is 1. The van der Waals surface area contributed by atoms with Gasteiger partial charge in [-0.3, -0.25) is 9.78 Å². The minimum Gasteiger partial charge on any atom is -0.408 e. The van der Waals surface area contributed by atoms with Crippen molar-refractivity contribution in [2.24, 2.45) is 0 Å². The highest BCUT2D eigenvalue weighted by Crippen LogP contribution is 2.39. The van der Waals surface area contributed by atoms with Gasteiger partial charge in [0, 0.05) is 24.2 Å². The van der Waals surface area contributed by atoms with Crippen molar-refractivity contribution in [3.63, 3.8) is 0 Å². The SMILES string of the molecule is CC(C)c1cc([C@@H]2CC(=O)Nc3cc4oc(=O)[nH]c4cc32)on1. The number of hydrogen-bond acceptors (Lipinski definition) is 5. The van der Waals surface area contributed by atoms with Gasteiger partial charge in [0.05, 0.1) is 17.1 Å². The summed E-state index contributed by atoms with van der Waals surface area (Å²) in [6.45, 7) is 4.06. The highest BCUT2D eigenvalue weighted by Gasteiger charge is 2.30. The third-order valence-electron chi connectivity index (χ3n) is 4.11. The third-order valence-corrected chi connectivity index (χ3v) is 4.11. The lowest BCUT2D eigenvalue weighted by atomic mass is 9.88. The number of nitrogens with zero attached hydrogens (tertiary/aromatic N) is 1. The molecular weight excluding hydrogens is 298 g/mol. The molecule has 1 atom stereocenters. The summed E-state index contributed by atoms with van der Waals surface area (Å²) in [5.74, 6) is 0.0304. The van der Waals surface area contributed by atoms with Crippen molar-refractivity contribution >= 4 is 22.7 Å². The van der Waals surface area contributed by atoms with E-state index in [2.05, 4.69) is 15.5 Å². The van der Waals surface area contributed by atoms with Crippen LogP contribution in [-0.2, 0) is 4.79 Å². The molecule has 7 nitrogen and oxygen atoms in total. The van der Waals surface area contributed by atoms with Gasteiger partial charge in [0.15, 0.2) is 5.58 Å². The van der Waals surface area contributed by atoms with E-state index in [4.69, 9.17) is 8.94 Å². The number of amides is 1. The number of H-pyrrole nitrogens is 1. The first-order chi connectivity index (χ1) is 11.0. The predicted molar refractivity (Wildman–Crippen MR) is 82.5 cm³/mol. The van der Waals surface area contributed by atoms with E-state index in [1.165, 1.54) is 0 Å². The van der Waals surface area contributed by atoms with Crippen LogP contribution in [0.25, 0.3) is 11.1 Å². The molecule has 1 aromatic carbocycles. The van der Waals surface area contributed by atoms with E-state index in [-0.39, 0.29) is 24.2 Å². The van der Waals surface area contributed by atoms with Crippen molar-refractivity contribution in [2.45, 2.75) is 32.1 Å². The standard InChI is InChI=1S/C16H15N3O4/c1-7(2)10-5-13(23-19-10)9-4-15(20)17-11-6-14-12(3-8(9)11)18-16(21)22-14/h3,5-7,9H,4H2,1-2H3,(H,17,20)(H,18,21)/t9-/m1/s1. The Labute approximate surface area is 130 Å². The summed E-state index contributed by atoms with van der Waals surface area (Å²) in [6.07, 6.45) is 0.271. The molecule has 0 fully saturated rings. The summed E-state index contributed by atoms with van der Waals surface area (Å²) in [6, 6.07) is 5.36. The summed E-state index contributed by atoms with van der Waals surface area (Å²) in [5, 5.41) is 6.89. The number of carbonyl (C=O) groups excluding carboxylic acids is 1. The molecule has 1 aliphatic heterocycles. The monoisotopic (exact) mass is 313 g/mol. The number of hydrogen-bond donors (Lipinski definition) is 2. The van der Waals surface area contributed by atoms with Gasteiger partial charge in [-0.25, -0.2) is 4.79 Å². The van der Waals surface area contributed by atoms with Gasteiger partial charge in [-0.05, 0) is 17.5 Å². The minimum absolute atomic E-state index is 0.109. The molecule has 2 N–H and O–H groups in total. The Morgan fingerprint density at radius 3 is 2.83 bits per heavy atom. The molecule has 0 spiro atoms. The van der Waals surface area contributed by atoms with Crippen molar-refractivity contribution < 1.29 is 13.7 Å². The van der Waals surface area contributed by atoms with Crippen molar-refractivity contribution in [1.29, 1.82) is 0 Å². The van der Waals surface area contributed by atoms with Crippen LogP contribution in [0.1, 0.15) is 49.1 Å². The number of benzene rings is 1. The van der Waals surface area contributed by atoms with Gasteiger partial charge in [-0.2, -0.15) is 0 Å². The smallest absolute Gasteiger partial charge is 0.408 e. The van der Waals surface area contributed by atoms with Gasteiger partial charge >= 0.3 is 5.76 Å². The van der Waals surface area contributed by atoms with E-state index in [1.54, 1.807) is 6.07 Å². The van der Waals surface area contributed by atoms with Crippen LogP contribution >= 0.6 is 0 Å². The molecule has 2 aromatic heterocycles. The Kier molecular flexibility index (Phi) is 2.90. The Morgan fingerprint density at radius 1 is 1.26 bits per heavy atom. The zero-order chi connectivity index (χ0) is 16.1. The zero-order valence-electron chi connectivity index (χ0n) is 12.7. The van der Waals surface area contributed by atoms with Crippen LogP contribution in [0.3, 0.4) is 0 Å². The van der Waals surface area contributed by atoms with E-state index in [9.17, 15) is 9.59 Å². The number of aromatic amines is 1. The second kappa shape index (κ2) is 4.84. The maximum absolute atomic E-state index is 12.0. The fourth-order valence-electron chi connectivity index (χ4n) is 2.90. The minimum atomic E-state index is -0.521. The van der Waals surface area contributed by atoms with Crippen LogP contribution in [0.2, 0.25) is 0 Å². The summed E-state index contributed by atoms with van der Waals surface area (Å²) < 4.78 is 10.5. The second-order valence-corrected chi connectivity index (χ2v) is 6.06. The highest BCUT2D eigenvalue weighted by molar-refractivity contribution is 5.97. The molecule has 3 aromatic rings. The molecule has 0 bridgehead atoms. The fraction of sp³-hybridized carbons (Fsp3) is 0.312. The quantitative estimate of drug-likeness (QED) is 0.757. The normalized spacial score (nSPS) is 17.5. The first-order valence-corrected chi connectivity index (χ1v) is 7.44. The first kappa shape index (κ1) is 13.8. The average molecular weight is 313 g/mol. The molecule has 0 aliphatic carbocycles. The van der Waals surface area contributed by atoms with Gasteiger partial charge < -0.3 is 14.3 Å². The lowest BCUT2D eigenvalue weighted by Gasteiger charge is -2.23. The topological polar surface area (TPSA) is 101 Å². The van der Waals surface area contributed by atoms with Crippen LogP contribution < -0.4 is 11.1 Å². The second-order valence-electron chi connectivity index (χ2n) is 6.06. The number of nitrogens with one attached hydrogen (secondary N) is 2. The van der Waals surface area contributed by atoms with E-state index in [1.807, 2.05) is 26.0 Å². The van der Waals surface area contributed by atoms with Gasteiger partial charge in [-0.15, -0.1) is 0 Å². The molecule has 0 radical (unpaired) electrons. The number of aromatic nitrogens is 2. The van der Waals surface area contributed by atoms with Crippen molar-refractivity contribution in [2.75, 3.05) is 5.32 Å². The summed E-state index contributed by atoms with van der Waals surface area (Å²) in [7, 11) is 0. The highest BCUT2D eigenvalue weighted by atomic mass is 16.5. The molecule has 0 unspecified atom stereocenters. The van der Waals surface area contributed by atoms with E-state index < -0.39 is 5.76 Å². The van der Waals surface area contributed by atoms with Crippen molar-refractivity contribution in [1.82, 2.24) is 10.1 Å². The van der Waals surface area contributed by atoms with E-state index in [0.29, 0.717) is 22.5 Å². The summed E-state index contributed by atoms with van der Waals surface area (Å²) in [5.41, 5.74) is 3.36. The predicted octanol–water partition coefficient (Wildman–Crippen LogP) is 2.71. The lowest BCUT2D eigenvalue weighted by molar-refractivity contribution is -0.116. The van der Waals surface area contributed by atoms with Crippen LogP contribution in [0.5, 0.6) is 0 Å². The largest absolute Gasteiger partial charge is 0.417 e. The molecule has 4 rings (SSSR count). The number of anilines is 1. The molecule has 1 aliphatic rings. The van der Waals surface area contributed by atoms with Crippen LogP contribution in [0.4, 0.5) is 5.69 Å². The fourth-order valence-corrected chi connectivity index (χ4v) is 2.90. The third kappa shape index (κ3) is 2.25. The Balaban J connectivity index is 1.86.